The predicted octanol–water partition coefficient (Wildman–Crippen LogP) is 1.64. The van der Waals surface area contributed by atoms with Crippen molar-refractivity contribution in [2.75, 3.05) is 10.6 Å². The first-order chi connectivity index (χ1) is 11.3. The fraction of sp³-hybridized carbons (Fsp3) is 0. The van der Waals surface area contributed by atoms with Gasteiger partial charge in [-0.1, -0.05) is 0 Å². The van der Waals surface area contributed by atoms with E-state index in [4.69, 9.17) is 10.2 Å². The first kappa shape index (κ1) is 16.7. The van der Waals surface area contributed by atoms with Gasteiger partial charge in [0.1, 0.15) is 0 Å². The van der Waals surface area contributed by atoms with E-state index >= 15 is 0 Å². The summed E-state index contributed by atoms with van der Waals surface area (Å²) in [5.41, 5.74) is 0.479. The molecule has 2 amide bonds. The number of carbonyl (C=O) groups is 2. The van der Waals surface area contributed by atoms with Gasteiger partial charge in [0.05, 0.1) is 0 Å². The van der Waals surface area contributed by atoms with Crippen LogP contribution in [0.4, 0.5) is 11.4 Å². The summed E-state index contributed by atoms with van der Waals surface area (Å²) in [6, 6.07) is 7.47. The van der Waals surface area contributed by atoms with Crippen LogP contribution < -0.4 is 10.6 Å². The molecular formula is C16H14N2O6. The molecule has 124 valence electrons. The van der Waals surface area contributed by atoms with Crippen molar-refractivity contribution in [2.45, 2.75) is 0 Å². The van der Waals surface area contributed by atoms with E-state index in [9.17, 15) is 19.8 Å². The lowest BCUT2D eigenvalue weighted by atomic mass is 10.2. The van der Waals surface area contributed by atoms with Crippen LogP contribution in [0.25, 0.3) is 0 Å². The zero-order valence-corrected chi connectivity index (χ0v) is 12.2. The molecule has 0 aliphatic carbocycles. The van der Waals surface area contributed by atoms with Gasteiger partial charge in [0.2, 0.25) is 11.8 Å². The Hall–Kier alpha value is -3.68. The second-order valence-corrected chi connectivity index (χ2v) is 4.72. The molecule has 0 bridgehead atoms. The first-order valence-electron chi connectivity index (χ1n) is 6.69. The SMILES string of the molecule is O=C(C=CC(=O)Nc1ccc(O)c(O)c1)Nc1ccc(O)c(O)c1. The number of aromatic hydroxyl groups is 4. The van der Waals surface area contributed by atoms with Crippen molar-refractivity contribution >= 4 is 23.2 Å². The van der Waals surface area contributed by atoms with Gasteiger partial charge in [-0.15, -0.1) is 0 Å². The molecule has 0 saturated heterocycles. The van der Waals surface area contributed by atoms with E-state index in [0.717, 1.165) is 24.3 Å². The van der Waals surface area contributed by atoms with Crippen LogP contribution in [0.5, 0.6) is 23.0 Å². The van der Waals surface area contributed by atoms with Crippen LogP contribution >= 0.6 is 0 Å². The lowest BCUT2D eigenvalue weighted by molar-refractivity contribution is -0.114. The standard InChI is InChI=1S/C16H14N2O6/c19-11-3-1-9(7-13(11)21)17-15(23)5-6-16(24)18-10-2-4-12(20)14(22)8-10/h1-8,19-22H,(H,17,23)(H,18,24). The molecule has 0 atom stereocenters. The Morgan fingerprint density at radius 2 is 1.04 bits per heavy atom. The fourth-order valence-electron chi connectivity index (χ4n) is 1.72. The highest BCUT2D eigenvalue weighted by Gasteiger charge is 2.05. The van der Waals surface area contributed by atoms with Gasteiger partial charge in [0.15, 0.2) is 23.0 Å². The number of nitrogens with one attached hydrogen (secondary N) is 2. The van der Waals surface area contributed by atoms with Gasteiger partial charge in [-0.25, -0.2) is 0 Å². The average molecular weight is 330 g/mol. The normalized spacial score (nSPS) is 10.5. The lowest BCUT2D eigenvalue weighted by Gasteiger charge is -2.05. The van der Waals surface area contributed by atoms with Crippen molar-refractivity contribution in [3.05, 3.63) is 48.6 Å². The van der Waals surface area contributed by atoms with Gasteiger partial charge < -0.3 is 31.1 Å². The number of benzene rings is 2. The molecule has 0 unspecified atom stereocenters. The molecular weight excluding hydrogens is 316 g/mol. The Kier molecular flexibility index (Phi) is 4.90. The monoisotopic (exact) mass is 330 g/mol. The summed E-state index contributed by atoms with van der Waals surface area (Å²) in [5.74, 6) is -2.66. The second kappa shape index (κ2) is 7.05. The highest BCUT2D eigenvalue weighted by atomic mass is 16.3. The van der Waals surface area contributed by atoms with Gasteiger partial charge in [-0.2, -0.15) is 0 Å². The largest absolute Gasteiger partial charge is 0.504 e. The molecule has 0 spiro atoms. The minimum atomic E-state index is -0.621. The topological polar surface area (TPSA) is 139 Å². The van der Waals surface area contributed by atoms with E-state index < -0.39 is 11.8 Å². The van der Waals surface area contributed by atoms with E-state index in [1.54, 1.807) is 0 Å². The van der Waals surface area contributed by atoms with Crippen molar-refractivity contribution in [1.29, 1.82) is 0 Å². The Balaban J connectivity index is 1.93. The maximum atomic E-state index is 11.7. The van der Waals surface area contributed by atoms with Gasteiger partial charge >= 0.3 is 0 Å². The number of anilines is 2. The highest BCUT2D eigenvalue weighted by molar-refractivity contribution is 6.07. The van der Waals surface area contributed by atoms with Crippen LogP contribution in [-0.2, 0) is 9.59 Å². The molecule has 0 fully saturated rings. The molecule has 0 radical (unpaired) electrons. The van der Waals surface area contributed by atoms with Crippen molar-refractivity contribution in [3.63, 3.8) is 0 Å². The predicted molar refractivity (Wildman–Crippen MR) is 85.9 cm³/mol. The van der Waals surface area contributed by atoms with Crippen molar-refractivity contribution in [3.8, 4) is 23.0 Å². The summed E-state index contributed by atoms with van der Waals surface area (Å²) in [7, 11) is 0. The maximum Gasteiger partial charge on any atom is 0.248 e. The molecule has 2 rings (SSSR count). The number of carbonyl (C=O) groups excluding carboxylic acids is 2. The molecule has 8 nitrogen and oxygen atoms in total. The number of hydrogen-bond acceptors (Lipinski definition) is 6. The number of phenolic OH excluding ortho intramolecular Hbond substituents is 4. The lowest BCUT2D eigenvalue weighted by Crippen LogP contribution is -2.12. The van der Waals surface area contributed by atoms with Crippen LogP contribution in [0.1, 0.15) is 0 Å². The fourth-order valence-corrected chi connectivity index (χ4v) is 1.72. The Labute approximate surface area is 136 Å². The van der Waals surface area contributed by atoms with Crippen LogP contribution in [0.3, 0.4) is 0 Å². The summed E-state index contributed by atoms with van der Waals surface area (Å²) in [6.45, 7) is 0. The van der Waals surface area contributed by atoms with Crippen LogP contribution in [0.15, 0.2) is 48.6 Å². The highest BCUT2D eigenvalue weighted by Crippen LogP contribution is 2.28. The van der Waals surface area contributed by atoms with Crippen LogP contribution in [0, 0.1) is 0 Å². The van der Waals surface area contributed by atoms with E-state index in [0.29, 0.717) is 0 Å². The van der Waals surface area contributed by atoms with E-state index in [-0.39, 0.29) is 34.4 Å². The van der Waals surface area contributed by atoms with Crippen LogP contribution in [0.2, 0.25) is 0 Å². The van der Waals surface area contributed by atoms with Crippen molar-refractivity contribution < 1.29 is 30.0 Å². The summed E-state index contributed by atoms with van der Waals surface area (Å²) in [5, 5.41) is 41.8. The van der Waals surface area contributed by atoms with E-state index in [2.05, 4.69) is 10.6 Å². The maximum absolute atomic E-state index is 11.7. The van der Waals surface area contributed by atoms with Crippen LogP contribution in [-0.4, -0.2) is 32.2 Å². The zero-order valence-electron chi connectivity index (χ0n) is 12.2. The van der Waals surface area contributed by atoms with E-state index in [1.807, 2.05) is 0 Å². The Bertz CT molecular complexity index is 749. The molecule has 24 heavy (non-hydrogen) atoms. The third-order valence-electron chi connectivity index (χ3n) is 2.87. The summed E-state index contributed by atoms with van der Waals surface area (Å²) in [6.07, 6.45) is 1.94. The smallest absolute Gasteiger partial charge is 0.248 e. The first-order valence-corrected chi connectivity index (χ1v) is 6.69. The molecule has 0 aromatic heterocycles. The number of hydrogen-bond donors (Lipinski definition) is 6. The van der Waals surface area contributed by atoms with Gasteiger partial charge in [0, 0.05) is 35.7 Å². The molecule has 2 aromatic carbocycles. The average Bonchev–Trinajstić information content (AvgIpc) is 2.53. The number of phenols is 4. The third kappa shape index (κ3) is 4.41. The number of rotatable bonds is 4. The summed E-state index contributed by atoms with van der Waals surface area (Å²) in [4.78, 5) is 23.3. The minimum Gasteiger partial charge on any atom is -0.504 e. The molecule has 2 aromatic rings. The third-order valence-corrected chi connectivity index (χ3v) is 2.87. The van der Waals surface area contributed by atoms with Crippen molar-refractivity contribution in [1.82, 2.24) is 0 Å². The minimum absolute atomic E-state index is 0.240. The summed E-state index contributed by atoms with van der Waals surface area (Å²) < 4.78 is 0. The van der Waals surface area contributed by atoms with Gasteiger partial charge in [-0.05, 0) is 24.3 Å². The molecule has 0 saturated carbocycles. The molecule has 0 aliphatic heterocycles. The van der Waals surface area contributed by atoms with Gasteiger partial charge in [0.25, 0.3) is 0 Å². The summed E-state index contributed by atoms with van der Waals surface area (Å²) >= 11 is 0. The Morgan fingerprint density at radius 1 is 0.667 bits per heavy atom. The second-order valence-electron chi connectivity index (χ2n) is 4.72. The number of amides is 2. The quantitative estimate of drug-likeness (QED) is 0.286. The Morgan fingerprint density at radius 3 is 1.38 bits per heavy atom. The molecule has 0 heterocycles. The molecule has 8 heteroatoms. The van der Waals surface area contributed by atoms with Crippen molar-refractivity contribution in [2.24, 2.45) is 0 Å². The van der Waals surface area contributed by atoms with Gasteiger partial charge in [-0.3, -0.25) is 9.59 Å². The van der Waals surface area contributed by atoms with E-state index in [1.165, 1.54) is 24.3 Å². The molecule has 6 N–H and O–H groups in total. The molecule has 0 aliphatic rings. The zero-order chi connectivity index (χ0) is 17.7.